The van der Waals surface area contributed by atoms with Crippen molar-refractivity contribution in [2.45, 2.75) is 26.7 Å². The number of carbonyl (C=O) groups excluding carboxylic acids is 1. The lowest BCUT2D eigenvalue weighted by Gasteiger charge is -2.28. The first-order valence-electron chi connectivity index (χ1n) is 5.65. The molecule has 0 unspecified atom stereocenters. The van der Waals surface area contributed by atoms with Crippen molar-refractivity contribution in [1.82, 2.24) is 5.32 Å². The van der Waals surface area contributed by atoms with Crippen LogP contribution in [-0.4, -0.2) is 44.1 Å². The third-order valence-corrected chi connectivity index (χ3v) is 2.72. The molecule has 88 valence electrons. The van der Waals surface area contributed by atoms with E-state index in [2.05, 4.69) is 32.9 Å². The fourth-order valence-corrected chi connectivity index (χ4v) is 1.18. The van der Waals surface area contributed by atoms with E-state index in [4.69, 9.17) is 0 Å². The Morgan fingerprint density at radius 3 is 2.40 bits per heavy atom. The summed E-state index contributed by atoms with van der Waals surface area (Å²) in [6.07, 6.45) is 2.19. The van der Waals surface area contributed by atoms with Crippen LogP contribution < -0.4 is 5.32 Å². The van der Waals surface area contributed by atoms with Crippen LogP contribution in [0.1, 0.15) is 26.7 Å². The Kier molecular flexibility index (Phi) is 6.25. The maximum absolute atomic E-state index is 11.1. The monoisotopic (exact) mass is 213 g/mol. The number of amides is 1. The minimum atomic E-state index is -0.0285. The minimum absolute atomic E-state index is 0.0285. The van der Waals surface area contributed by atoms with E-state index < -0.39 is 0 Å². The molecular weight excluding hydrogens is 188 g/mol. The Hall–Kier alpha value is -0.830. The average Bonchev–Trinajstić information content (AvgIpc) is 2.16. The number of carbonyl (C=O) groups is 1. The average molecular weight is 213 g/mol. The van der Waals surface area contributed by atoms with E-state index in [9.17, 15) is 4.79 Å². The molecule has 1 N–H and O–H groups in total. The molecule has 0 saturated carbocycles. The second kappa shape index (κ2) is 6.62. The van der Waals surface area contributed by atoms with Gasteiger partial charge in [0, 0.05) is 12.1 Å². The fourth-order valence-electron chi connectivity index (χ4n) is 1.18. The quantitative estimate of drug-likeness (QED) is 0.388. The minimum Gasteiger partial charge on any atom is -0.352 e. The Bertz CT molecular complexity index is 222. The molecule has 0 bridgehead atoms. The van der Waals surface area contributed by atoms with E-state index in [0.29, 0.717) is 5.57 Å². The summed E-state index contributed by atoms with van der Waals surface area (Å²) in [6.45, 7) is 10.6. The number of hydrogen-bond donors (Lipinski definition) is 1. The number of hydrogen-bond acceptors (Lipinski definition) is 1. The summed E-state index contributed by atoms with van der Waals surface area (Å²) in [5, 5.41) is 2.84. The van der Waals surface area contributed by atoms with Crippen LogP contribution in [0, 0.1) is 0 Å². The molecule has 0 aliphatic heterocycles. The van der Waals surface area contributed by atoms with Gasteiger partial charge in [-0.2, -0.15) is 0 Å². The van der Waals surface area contributed by atoms with Crippen LogP contribution in [0.4, 0.5) is 0 Å². The first kappa shape index (κ1) is 14.2. The van der Waals surface area contributed by atoms with Gasteiger partial charge in [-0.25, -0.2) is 0 Å². The summed E-state index contributed by atoms with van der Waals surface area (Å²) in [5.74, 6) is -0.0285. The molecular formula is C12H25N2O+. The molecule has 0 spiro atoms. The van der Waals surface area contributed by atoms with Crippen LogP contribution >= 0.6 is 0 Å². The lowest BCUT2D eigenvalue weighted by atomic mass is 10.2. The molecule has 0 saturated heterocycles. The molecule has 3 heteroatoms. The molecule has 0 aliphatic rings. The Labute approximate surface area is 93.7 Å². The number of rotatable bonds is 7. The van der Waals surface area contributed by atoms with Crippen molar-refractivity contribution in [2.75, 3.05) is 33.7 Å². The molecule has 15 heavy (non-hydrogen) atoms. The first-order valence-corrected chi connectivity index (χ1v) is 5.65. The maximum atomic E-state index is 11.1. The highest BCUT2D eigenvalue weighted by molar-refractivity contribution is 5.91. The largest absolute Gasteiger partial charge is 0.352 e. The van der Waals surface area contributed by atoms with E-state index in [0.717, 1.165) is 30.4 Å². The van der Waals surface area contributed by atoms with E-state index in [1.165, 1.54) is 6.54 Å². The van der Waals surface area contributed by atoms with Crippen molar-refractivity contribution in [3.05, 3.63) is 12.2 Å². The van der Waals surface area contributed by atoms with Crippen molar-refractivity contribution in [3.63, 3.8) is 0 Å². The Morgan fingerprint density at radius 2 is 1.93 bits per heavy atom. The maximum Gasteiger partial charge on any atom is 0.246 e. The third-order valence-electron chi connectivity index (χ3n) is 2.72. The zero-order valence-corrected chi connectivity index (χ0v) is 10.6. The zero-order valence-electron chi connectivity index (χ0n) is 10.6. The summed E-state index contributed by atoms with van der Waals surface area (Å²) in [7, 11) is 4.46. The van der Waals surface area contributed by atoms with Crippen LogP contribution in [0.25, 0.3) is 0 Å². The number of unbranched alkanes of at least 4 members (excludes halogenated alkanes) is 1. The van der Waals surface area contributed by atoms with Gasteiger partial charge in [0.2, 0.25) is 5.91 Å². The molecule has 0 fully saturated rings. The summed E-state index contributed by atoms with van der Waals surface area (Å²) in [6, 6.07) is 0. The standard InChI is InChI=1S/C12H24N2O/c1-6-14(4,5)10-8-7-9-13-12(15)11(2)3/h2,6-10H2,1,3-5H3/p+1. The summed E-state index contributed by atoms with van der Waals surface area (Å²) >= 11 is 0. The number of nitrogens with one attached hydrogen (secondary N) is 1. The van der Waals surface area contributed by atoms with Crippen LogP contribution in [0.2, 0.25) is 0 Å². The summed E-state index contributed by atoms with van der Waals surface area (Å²) in [5.41, 5.74) is 0.583. The number of quaternary nitrogens is 1. The SMILES string of the molecule is C=C(C)C(=O)NCCCC[N+](C)(C)CC. The number of nitrogens with zero attached hydrogens (tertiary/aromatic N) is 1. The van der Waals surface area contributed by atoms with Crippen molar-refractivity contribution < 1.29 is 9.28 Å². The van der Waals surface area contributed by atoms with Gasteiger partial charge in [0.05, 0.1) is 27.2 Å². The van der Waals surface area contributed by atoms with Crippen molar-refractivity contribution in [2.24, 2.45) is 0 Å². The van der Waals surface area contributed by atoms with Crippen LogP contribution in [0.5, 0.6) is 0 Å². The molecule has 0 rings (SSSR count). The Balaban J connectivity index is 3.48. The smallest absolute Gasteiger partial charge is 0.246 e. The van der Waals surface area contributed by atoms with Crippen molar-refractivity contribution in [3.8, 4) is 0 Å². The van der Waals surface area contributed by atoms with Gasteiger partial charge >= 0.3 is 0 Å². The normalized spacial score (nSPS) is 11.2. The van der Waals surface area contributed by atoms with E-state index in [1.54, 1.807) is 6.92 Å². The molecule has 1 amide bonds. The topological polar surface area (TPSA) is 29.1 Å². The van der Waals surface area contributed by atoms with Gasteiger partial charge in [-0.15, -0.1) is 0 Å². The molecule has 0 aromatic heterocycles. The van der Waals surface area contributed by atoms with E-state index >= 15 is 0 Å². The van der Waals surface area contributed by atoms with Crippen molar-refractivity contribution in [1.29, 1.82) is 0 Å². The predicted octanol–water partition coefficient (Wildman–Crippen LogP) is 1.56. The molecule has 0 aromatic carbocycles. The van der Waals surface area contributed by atoms with Gasteiger partial charge in [-0.1, -0.05) is 6.58 Å². The summed E-state index contributed by atoms with van der Waals surface area (Å²) < 4.78 is 1.05. The van der Waals surface area contributed by atoms with Gasteiger partial charge in [0.25, 0.3) is 0 Å². The highest BCUT2D eigenvalue weighted by Gasteiger charge is 2.10. The highest BCUT2D eigenvalue weighted by Crippen LogP contribution is 2.00. The van der Waals surface area contributed by atoms with Crippen LogP contribution in [0.3, 0.4) is 0 Å². The van der Waals surface area contributed by atoms with Crippen LogP contribution in [-0.2, 0) is 4.79 Å². The predicted molar refractivity (Wildman–Crippen MR) is 64.6 cm³/mol. The Morgan fingerprint density at radius 1 is 1.33 bits per heavy atom. The molecule has 0 aliphatic carbocycles. The van der Waals surface area contributed by atoms with Gasteiger partial charge in [0.1, 0.15) is 0 Å². The third kappa shape index (κ3) is 7.14. The highest BCUT2D eigenvalue weighted by atomic mass is 16.1. The molecule has 0 heterocycles. The second-order valence-electron chi connectivity index (χ2n) is 4.72. The van der Waals surface area contributed by atoms with Gasteiger partial charge in [0.15, 0.2) is 0 Å². The molecule has 0 aromatic rings. The second-order valence-corrected chi connectivity index (χ2v) is 4.72. The van der Waals surface area contributed by atoms with E-state index in [-0.39, 0.29) is 5.91 Å². The van der Waals surface area contributed by atoms with Gasteiger partial charge in [-0.05, 0) is 26.7 Å². The molecule has 3 nitrogen and oxygen atoms in total. The molecule has 0 radical (unpaired) electrons. The lowest BCUT2D eigenvalue weighted by Crippen LogP contribution is -2.40. The zero-order chi connectivity index (χ0) is 11.9. The van der Waals surface area contributed by atoms with Gasteiger partial charge < -0.3 is 9.80 Å². The van der Waals surface area contributed by atoms with Crippen molar-refractivity contribution >= 4 is 5.91 Å². The van der Waals surface area contributed by atoms with E-state index in [1.807, 2.05) is 0 Å². The summed E-state index contributed by atoms with van der Waals surface area (Å²) in [4.78, 5) is 11.1. The first-order chi connectivity index (χ1) is 6.89. The van der Waals surface area contributed by atoms with Crippen LogP contribution in [0.15, 0.2) is 12.2 Å². The molecule has 0 atom stereocenters. The lowest BCUT2D eigenvalue weighted by molar-refractivity contribution is -0.888. The fraction of sp³-hybridized carbons (Fsp3) is 0.750. The van der Waals surface area contributed by atoms with Gasteiger partial charge in [-0.3, -0.25) is 4.79 Å².